The smallest absolute Gasteiger partial charge is 0.335 e. The number of hydrogen-bond donors (Lipinski definition) is 1. The number of ether oxygens (including phenoxy) is 1. The minimum absolute atomic E-state index is 0.161. The summed E-state index contributed by atoms with van der Waals surface area (Å²) in [6.07, 6.45) is 3.62. The van der Waals surface area contributed by atoms with Gasteiger partial charge in [-0.2, -0.15) is 0 Å². The number of imide groups is 2. The van der Waals surface area contributed by atoms with E-state index >= 15 is 0 Å². The van der Waals surface area contributed by atoms with Crippen LogP contribution in [0.25, 0.3) is 6.08 Å². The number of carbonyl (C=O) groups excluding carboxylic acids is 3. The van der Waals surface area contributed by atoms with Crippen LogP contribution in [0.2, 0.25) is 5.02 Å². The van der Waals surface area contributed by atoms with E-state index in [0.29, 0.717) is 35.1 Å². The molecule has 0 bridgehead atoms. The molecule has 1 fully saturated rings. The molecule has 0 radical (unpaired) electrons. The fourth-order valence-corrected chi connectivity index (χ4v) is 3.19. The standard InChI is InChI=1S/C22H19ClN2O4/c1-3-11-29-19-10-9-14(13-17(19)23)12-16-20(26)24-22(28)25(21(16)27)18-8-6-5-7-15(18)4-2/h3,5-10,12-13H,1,4,11H2,2H3,(H,24,26,28)/b16-12-. The number of nitrogens with zero attached hydrogens (tertiary/aromatic N) is 1. The Balaban J connectivity index is 1.97. The Kier molecular flexibility index (Phi) is 6.14. The van der Waals surface area contributed by atoms with Gasteiger partial charge in [-0.1, -0.05) is 55.4 Å². The van der Waals surface area contributed by atoms with Crippen molar-refractivity contribution in [2.75, 3.05) is 11.5 Å². The maximum absolute atomic E-state index is 13.0. The average molecular weight is 411 g/mol. The number of benzene rings is 2. The molecule has 0 atom stereocenters. The lowest BCUT2D eigenvalue weighted by Gasteiger charge is -2.28. The Morgan fingerprint density at radius 3 is 2.62 bits per heavy atom. The molecule has 3 rings (SSSR count). The lowest BCUT2D eigenvalue weighted by Crippen LogP contribution is -2.54. The van der Waals surface area contributed by atoms with Crippen LogP contribution in [-0.2, 0) is 16.0 Å². The summed E-state index contributed by atoms with van der Waals surface area (Å²) in [6, 6.07) is 11.2. The van der Waals surface area contributed by atoms with Crippen molar-refractivity contribution < 1.29 is 19.1 Å². The number of nitrogens with one attached hydrogen (secondary N) is 1. The van der Waals surface area contributed by atoms with E-state index in [4.69, 9.17) is 16.3 Å². The summed E-state index contributed by atoms with van der Waals surface area (Å²) in [5.74, 6) is -0.988. The number of urea groups is 1. The first-order valence-corrected chi connectivity index (χ1v) is 9.36. The van der Waals surface area contributed by atoms with Crippen LogP contribution in [0.5, 0.6) is 5.75 Å². The van der Waals surface area contributed by atoms with Crippen LogP contribution in [0, 0.1) is 0 Å². The predicted octanol–water partition coefficient (Wildman–Crippen LogP) is 4.13. The summed E-state index contributed by atoms with van der Waals surface area (Å²) >= 11 is 6.20. The van der Waals surface area contributed by atoms with Crippen molar-refractivity contribution in [3.63, 3.8) is 0 Å². The zero-order valence-electron chi connectivity index (χ0n) is 15.8. The van der Waals surface area contributed by atoms with E-state index < -0.39 is 17.8 Å². The topological polar surface area (TPSA) is 75.7 Å². The Morgan fingerprint density at radius 2 is 1.93 bits per heavy atom. The molecule has 6 nitrogen and oxygen atoms in total. The zero-order chi connectivity index (χ0) is 21.0. The molecule has 1 aliphatic rings. The van der Waals surface area contributed by atoms with Gasteiger partial charge in [-0.25, -0.2) is 9.69 Å². The van der Waals surface area contributed by atoms with Gasteiger partial charge >= 0.3 is 6.03 Å². The summed E-state index contributed by atoms with van der Waals surface area (Å²) in [7, 11) is 0. The van der Waals surface area contributed by atoms with Gasteiger partial charge in [-0.15, -0.1) is 0 Å². The molecular weight excluding hydrogens is 392 g/mol. The number of hydrogen-bond acceptors (Lipinski definition) is 4. The van der Waals surface area contributed by atoms with Gasteiger partial charge in [0.1, 0.15) is 17.9 Å². The number of halogens is 1. The fourth-order valence-electron chi connectivity index (χ4n) is 2.94. The zero-order valence-corrected chi connectivity index (χ0v) is 16.5. The maximum atomic E-state index is 13.0. The second-order valence-corrected chi connectivity index (χ2v) is 6.64. The minimum Gasteiger partial charge on any atom is -0.488 e. The first kappa shape index (κ1) is 20.4. The summed E-state index contributed by atoms with van der Waals surface area (Å²) in [5, 5.41) is 2.55. The van der Waals surface area contributed by atoms with E-state index in [0.717, 1.165) is 10.5 Å². The molecule has 0 unspecified atom stereocenters. The van der Waals surface area contributed by atoms with Gasteiger partial charge in [0.25, 0.3) is 11.8 Å². The average Bonchev–Trinajstić information content (AvgIpc) is 2.70. The van der Waals surface area contributed by atoms with Gasteiger partial charge in [0.15, 0.2) is 0 Å². The van der Waals surface area contributed by atoms with E-state index in [1.165, 1.54) is 6.08 Å². The molecule has 1 aliphatic heterocycles. The number of anilines is 1. The number of amides is 4. The third-order valence-corrected chi connectivity index (χ3v) is 4.63. The highest BCUT2D eigenvalue weighted by molar-refractivity contribution is 6.39. The summed E-state index contributed by atoms with van der Waals surface area (Å²) in [4.78, 5) is 38.7. The highest BCUT2D eigenvalue weighted by Gasteiger charge is 2.37. The van der Waals surface area contributed by atoms with Crippen LogP contribution in [0.4, 0.5) is 10.5 Å². The Labute approximate surface area is 173 Å². The van der Waals surface area contributed by atoms with Crippen LogP contribution in [0.1, 0.15) is 18.1 Å². The van der Waals surface area contributed by atoms with Crippen molar-refractivity contribution in [2.24, 2.45) is 0 Å². The van der Waals surface area contributed by atoms with Gasteiger partial charge < -0.3 is 4.74 Å². The van der Waals surface area contributed by atoms with Crippen LogP contribution >= 0.6 is 11.6 Å². The Hall–Kier alpha value is -3.38. The maximum Gasteiger partial charge on any atom is 0.335 e. The number of carbonyl (C=O) groups is 3. The highest BCUT2D eigenvalue weighted by Crippen LogP contribution is 2.29. The molecule has 0 aromatic heterocycles. The fraction of sp³-hybridized carbons (Fsp3) is 0.136. The van der Waals surface area contributed by atoms with Crippen LogP contribution in [-0.4, -0.2) is 24.5 Å². The number of rotatable bonds is 6. The lowest BCUT2D eigenvalue weighted by atomic mass is 10.0. The first-order chi connectivity index (χ1) is 14.0. The van der Waals surface area contributed by atoms with Crippen molar-refractivity contribution >= 4 is 41.2 Å². The SMILES string of the molecule is C=CCOc1ccc(/C=C2/C(=O)NC(=O)N(c3ccccc3CC)C2=O)cc1Cl. The Bertz CT molecular complexity index is 1030. The van der Waals surface area contributed by atoms with E-state index in [9.17, 15) is 14.4 Å². The van der Waals surface area contributed by atoms with E-state index in [2.05, 4.69) is 11.9 Å². The minimum atomic E-state index is -0.774. The van der Waals surface area contributed by atoms with E-state index in [-0.39, 0.29) is 5.57 Å². The third-order valence-electron chi connectivity index (χ3n) is 4.34. The summed E-state index contributed by atoms with van der Waals surface area (Å²) < 4.78 is 5.42. The lowest BCUT2D eigenvalue weighted by molar-refractivity contribution is -0.122. The first-order valence-electron chi connectivity index (χ1n) is 8.98. The molecule has 1 N–H and O–H groups in total. The van der Waals surface area contributed by atoms with Gasteiger partial charge in [0.2, 0.25) is 0 Å². The molecule has 0 spiro atoms. The van der Waals surface area contributed by atoms with Gasteiger partial charge in [0.05, 0.1) is 10.7 Å². The second-order valence-electron chi connectivity index (χ2n) is 6.23. The van der Waals surface area contributed by atoms with Crippen molar-refractivity contribution in [1.82, 2.24) is 5.32 Å². The normalized spacial score (nSPS) is 15.4. The molecular formula is C22H19ClN2O4. The van der Waals surface area contributed by atoms with Crippen LogP contribution in [0.3, 0.4) is 0 Å². The van der Waals surface area contributed by atoms with Gasteiger partial charge in [-0.3, -0.25) is 14.9 Å². The molecule has 2 aromatic carbocycles. The molecule has 0 saturated carbocycles. The van der Waals surface area contributed by atoms with Crippen molar-refractivity contribution in [1.29, 1.82) is 0 Å². The summed E-state index contributed by atoms with van der Waals surface area (Å²) in [6.45, 7) is 5.80. The van der Waals surface area contributed by atoms with Crippen LogP contribution in [0.15, 0.2) is 60.7 Å². The van der Waals surface area contributed by atoms with E-state index in [1.54, 1.807) is 36.4 Å². The van der Waals surface area contributed by atoms with Crippen LogP contribution < -0.4 is 15.0 Å². The van der Waals surface area contributed by atoms with Crippen molar-refractivity contribution in [3.8, 4) is 5.75 Å². The largest absolute Gasteiger partial charge is 0.488 e. The molecule has 2 aromatic rings. The second kappa shape index (κ2) is 8.75. The molecule has 1 heterocycles. The Morgan fingerprint density at radius 1 is 1.17 bits per heavy atom. The number of barbiturate groups is 1. The van der Waals surface area contributed by atoms with Crippen molar-refractivity contribution in [3.05, 3.63) is 76.8 Å². The quantitative estimate of drug-likeness (QED) is 0.441. The molecule has 4 amide bonds. The molecule has 0 aliphatic carbocycles. The molecule has 148 valence electrons. The molecule has 29 heavy (non-hydrogen) atoms. The van der Waals surface area contributed by atoms with Gasteiger partial charge in [0, 0.05) is 0 Å². The number of para-hydroxylation sites is 1. The van der Waals surface area contributed by atoms with Gasteiger partial charge in [-0.05, 0) is 41.8 Å². The highest BCUT2D eigenvalue weighted by atomic mass is 35.5. The monoisotopic (exact) mass is 410 g/mol. The third kappa shape index (κ3) is 4.22. The summed E-state index contributed by atoms with van der Waals surface area (Å²) in [5.41, 5.74) is 1.63. The van der Waals surface area contributed by atoms with E-state index in [1.807, 2.05) is 19.1 Å². The number of aryl methyl sites for hydroxylation is 1. The molecule has 1 saturated heterocycles. The van der Waals surface area contributed by atoms with Crippen molar-refractivity contribution in [2.45, 2.75) is 13.3 Å². The molecule has 7 heteroatoms. The predicted molar refractivity (Wildman–Crippen MR) is 112 cm³/mol.